The summed E-state index contributed by atoms with van der Waals surface area (Å²) in [6, 6.07) is 5.60. The lowest BCUT2D eigenvalue weighted by atomic mass is 10.0. The molecule has 2 heterocycles. The zero-order valence-corrected chi connectivity index (χ0v) is 15.5. The second-order valence-corrected chi connectivity index (χ2v) is 6.66. The Bertz CT molecular complexity index is 810. The minimum absolute atomic E-state index is 0.133. The molecule has 1 aliphatic rings. The smallest absolute Gasteiger partial charge is 0.375 e. The molecule has 1 saturated heterocycles. The van der Waals surface area contributed by atoms with Gasteiger partial charge in [-0.3, -0.25) is 4.79 Å². The Morgan fingerprint density at radius 1 is 1.31 bits per heavy atom. The minimum atomic E-state index is -0.616. The lowest BCUT2D eigenvalue weighted by Gasteiger charge is -2.33. The Kier molecular flexibility index (Phi) is 5.49. The maximum atomic E-state index is 12.4. The first-order valence-electron chi connectivity index (χ1n) is 9.13. The van der Waals surface area contributed by atoms with Gasteiger partial charge in [0.05, 0.1) is 6.61 Å². The summed E-state index contributed by atoms with van der Waals surface area (Å²) in [6.45, 7) is 6.76. The van der Waals surface area contributed by atoms with Crippen LogP contribution in [0.3, 0.4) is 0 Å². The van der Waals surface area contributed by atoms with E-state index in [1.54, 1.807) is 24.0 Å². The number of hydrogen-bond acceptors (Lipinski definition) is 5. The van der Waals surface area contributed by atoms with E-state index < -0.39 is 5.97 Å². The van der Waals surface area contributed by atoms with Crippen molar-refractivity contribution in [1.29, 1.82) is 0 Å². The van der Waals surface area contributed by atoms with Crippen molar-refractivity contribution in [3.63, 3.8) is 0 Å². The van der Waals surface area contributed by atoms with E-state index in [1.165, 1.54) is 0 Å². The molecule has 0 N–H and O–H groups in total. The highest BCUT2D eigenvalue weighted by Gasteiger charge is 2.25. The second kappa shape index (κ2) is 7.81. The van der Waals surface area contributed by atoms with Crippen molar-refractivity contribution >= 4 is 22.8 Å². The Labute approximate surface area is 153 Å². The number of likely N-dealkylation sites (tertiary alicyclic amines) is 1. The normalized spacial score (nSPS) is 17.3. The van der Waals surface area contributed by atoms with Gasteiger partial charge in [0.1, 0.15) is 11.3 Å². The van der Waals surface area contributed by atoms with Gasteiger partial charge < -0.3 is 18.8 Å². The van der Waals surface area contributed by atoms with Gasteiger partial charge in [-0.2, -0.15) is 0 Å². The first kappa shape index (κ1) is 18.3. The molecule has 0 spiro atoms. The van der Waals surface area contributed by atoms with E-state index in [2.05, 4.69) is 0 Å². The highest BCUT2D eigenvalue weighted by Crippen LogP contribution is 2.29. The SMILES string of the molecule is CCOc1ccc2oc(C(=O)OCC(=O)N3CCCC[C@H]3C)c(C)c2c1. The first-order chi connectivity index (χ1) is 12.5. The van der Waals surface area contributed by atoms with Crippen LogP contribution < -0.4 is 4.74 Å². The van der Waals surface area contributed by atoms with Crippen LogP contribution in [0.5, 0.6) is 5.75 Å². The van der Waals surface area contributed by atoms with Gasteiger partial charge in [0, 0.05) is 23.5 Å². The summed E-state index contributed by atoms with van der Waals surface area (Å²) in [5, 5.41) is 0.805. The van der Waals surface area contributed by atoms with Crippen LogP contribution in [0.15, 0.2) is 22.6 Å². The van der Waals surface area contributed by atoms with Crippen LogP contribution in [0.4, 0.5) is 0 Å². The number of carbonyl (C=O) groups is 2. The number of piperidine rings is 1. The van der Waals surface area contributed by atoms with E-state index >= 15 is 0 Å². The molecule has 0 unspecified atom stereocenters. The van der Waals surface area contributed by atoms with Crippen molar-refractivity contribution in [3.8, 4) is 5.75 Å². The average molecular weight is 359 g/mol. The number of esters is 1. The summed E-state index contributed by atoms with van der Waals surface area (Å²) < 4.78 is 16.3. The third kappa shape index (κ3) is 3.69. The van der Waals surface area contributed by atoms with Crippen LogP contribution >= 0.6 is 0 Å². The number of furan rings is 1. The van der Waals surface area contributed by atoms with Crippen LogP contribution in [-0.4, -0.2) is 42.6 Å². The predicted molar refractivity (Wildman–Crippen MR) is 97.4 cm³/mol. The molecule has 0 aliphatic carbocycles. The molecule has 26 heavy (non-hydrogen) atoms. The molecule has 1 atom stereocenters. The summed E-state index contributed by atoms with van der Waals surface area (Å²) >= 11 is 0. The fourth-order valence-electron chi connectivity index (χ4n) is 3.40. The van der Waals surface area contributed by atoms with Crippen molar-refractivity contribution in [3.05, 3.63) is 29.5 Å². The van der Waals surface area contributed by atoms with Crippen LogP contribution in [0.1, 0.15) is 49.2 Å². The lowest BCUT2D eigenvalue weighted by Crippen LogP contribution is -2.44. The minimum Gasteiger partial charge on any atom is -0.494 e. The van der Waals surface area contributed by atoms with Crippen molar-refractivity contribution in [2.24, 2.45) is 0 Å². The van der Waals surface area contributed by atoms with E-state index in [0.29, 0.717) is 17.8 Å². The Hall–Kier alpha value is -2.50. The molecular formula is C20H25NO5. The Morgan fingerprint density at radius 2 is 2.12 bits per heavy atom. The molecule has 6 heteroatoms. The molecule has 1 amide bonds. The number of rotatable bonds is 5. The summed E-state index contributed by atoms with van der Waals surface area (Å²) in [5.74, 6) is 0.0823. The van der Waals surface area contributed by atoms with E-state index in [-0.39, 0.29) is 24.3 Å². The topological polar surface area (TPSA) is 69.0 Å². The number of ether oxygens (including phenoxy) is 2. The molecule has 1 aromatic heterocycles. The van der Waals surface area contributed by atoms with Gasteiger partial charge in [-0.25, -0.2) is 4.79 Å². The molecule has 6 nitrogen and oxygen atoms in total. The van der Waals surface area contributed by atoms with Crippen LogP contribution in [0.2, 0.25) is 0 Å². The summed E-state index contributed by atoms with van der Waals surface area (Å²) in [7, 11) is 0. The third-order valence-electron chi connectivity index (χ3n) is 4.85. The van der Waals surface area contributed by atoms with E-state index in [0.717, 1.165) is 36.9 Å². The number of hydrogen-bond donors (Lipinski definition) is 0. The number of benzene rings is 1. The largest absolute Gasteiger partial charge is 0.494 e. The fraction of sp³-hybridized carbons (Fsp3) is 0.500. The van der Waals surface area contributed by atoms with Crippen LogP contribution in [0.25, 0.3) is 11.0 Å². The van der Waals surface area contributed by atoms with Crippen LogP contribution in [-0.2, 0) is 9.53 Å². The predicted octanol–water partition coefficient (Wildman–Crippen LogP) is 3.70. The van der Waals surface area contributed by atoms with Crippen molar-refractivity contribution < 1.29 is 23.5 Å². The maximum Gasteiger partial charge on any atom is 0.375 e. The van der Waals surface area contributed by atoms with E-state index in [9.17, 15) is 9.59 Å². The second-order valence-electron chi connectivity index (χ2n) is 6.66. The molecule has 1 aromatic carbocycles. The highest BCUT2D eigenvalue weighted by atomic mass is 16.5. The highest BCUT2D eigenvalue weighted by molar-refractivity contribution is 5.97. The van der Waals surface area contributed by atoms with Gasteiger partial charge in [-0.05, 0) is 58.2 Å². The first-order valence-corrected chi connectivity index (χ1v) is 9.13. The number of nitrogens with zero attached hydrogens (tertiary/aromatic N) is 1. The molecule has 0 bridgehead atoms. The van der Waals surface area contributed by atoms with Crippen molar-refractivity contribution in [2.45, 2.75) is 46.1 Å². The number of fused-ring (bicyclic) bond motifs is 1. The summed E-state index contributed by atoms with van der Waals surface area (Å²) in [5.41, 5.74) is 1.28. The van der Waals surface area contributed by atoms with Gasteiger partial charge in [-0.15, -0.1) is 0 Å². The standard InChI is InChI=1S/C20H25NO5/c1-4-24-15-8-9-17-16(11-15)14(3)19(26-17)20(23)25-12-18(22)21-10-6-5-7-13(21)2/h8-9,11,13H,4-7,10,12H2,1-3H3/t13-/m1/s1. The van der Waals surface area contributed by atoms with Crippen molar-refractivity contribution in [2.75, 3.05) is 19.8 Å². The Balaban J connectivity index is 1.69. The van der Waals surface area contributed by atoms with E-state index in [1.807, 2.05) is 19.9 Å². The monoisotopic (exact) mass is 359 g/mol. The molecule has 0 saturated carbocycles. The maximum absolute atomic E-state index is 12.4. The molecule has 2 aromatic rings. The van der Waals surface area contributed by atoms with Gasteiger partial charge in [0.2, 0.25) is 5.76 Å². The third-order valence-corrected chi connectivity index (χ3v) is 4.85. The van der Waals surface area contributed by atoms with Gasteiger partial charge in [0.25, 0.3) is 5.91 Å². The number of carbonyl (C=O) groups excluding carboxylic acids is 2. The molecule has 1 fully saturated rings. The zero-order valence-electron chi connectivity index (χ0n) is 15.5. The molecule has 1 aliphatic heterocycles. The zero-order chi connectivity index (χ0) is 18.7. The number of amides is 1. The average Bonchev–Trinajstić information content (AvgIpc) is 2.97. The molecule has 140 valence electrons. The lowest BCUT2D eigenvalue weighted by molar-refractivity contribution is -0.137. The van der Waals surface area contributed by atoms with E-state index in [4.69, 9.17) is 13.9 Å². The quantitative estimate of drug-likeness (QED) is 0.762. The molecular weight excluding hydrogens is 334 g/mol. The molecule has 0 radical (unpaired) electrons. The van der Waals surface area contributed by atoms with Gasteiger partial charge >= 0.3 is 5.97 Å². The number of aryl methyl sites for hydroxylation is 1. The van der Waals surface area contributed by atoms with Crippen LogP contribution in [0, 0.1) is 6.92 Å². The van der Waals surface area contributed by atoms with Crippen molar-refractivity contribution in [1.82, 2.24) is 4.90 Å². The Morgan fingerprint density at radius 3 is 2.85 bits per heavy atom. The fourth-order valence-corrected chi connectivity index (χ4v) is 3.40. The summed E-state index contributed by atoms with van der Waals surface area (Å²) in [4.78, 5) is 26.5. The van der Waals surface area contributed by atoms with Gasteiger partial charge in [0.15, 0.2) is 6.61 Å². The summed E-state index contributed by atoms with van der Waals surface area (Å²) in [6.07, 6.45) is 3.12. The molecule has 3 rings (SSSR count). The van der Waals surface area contributed by atoms with Gasteiger partial charge in [-0.1, -0.05) is 0 Å².